The van der Waals surface area contributed by atoms with Gasteiger partial charge < -0.3 is 11.1 Å². The Morgan fingerprint density at radius 2 is 2.16 bits per heavy atom. The number of anilines is 1. The van der Waals surface area contributed by atoms with E-state index in [1.807, 2.05) is 32.0 Å². The minimum atomic E-state index is -0.247. The minimum absolute atomic E-state index is 0.186. The summed E-state index contributed by atoms with van der Waals surface area (Å²) >= 11 is 0. The van der Waals surface area contributed by atoms with Crippen molar-refractivity contribution < 1.29 is 4.79 Å². The second-order valence-corrected chi connectivity index (χ2v) is 4.36. The molecule has 2 aromatic rings. The fourth-order valence-corrected chi connectivity index (χ4v) is 1.75. The van der Waals surface area contributed by atoms with Gasteiger partial charge in [0, 0.05) is 23.8 Å². The number of nitrogens with two attached hydrogens (primary N) is 1. The Bertz CT molecular complexity index is 583. The number of pyridine rings is 2. The van der Waals surface area contributed by atoms with Gasteiger partial charge in [-0.15, -0.1) is 0 Å². The van der Waals surface area contributed by atoms with Crippen molar-refractivity contribution in [3.63, 3.8) is 0 Å². The van der Waals surface area contributed by atoms with E-state index in [4.69, 9.17) is 5.73 Å². The van der Waals surface area contributed by atoms with Crippen molar-refractivity contribution in [3.05, 3.63) is 53.6 Å². The van der Waals surface area contributed by atoms with E-state index in [9.17, 15) is 4.79 Å². The van der Waals surface area contributed by atoms with Crippen LogP contribution < -0.4 is 11.1 Å². The zero-order valence-electron chi connectivity index (χ0n) is 10.9. The molecule has 0 bridgehead atoms. The quantitative estimate of drug-likeness (QED) is 0.878. The van der Waals surface area contributed by atoms with Gasteiger partial charge in [0.2, 0.25) is 0 Å². The van der Waals surface area contributed by atoms with Crippen LogP contribution in [0.1, 0.15) is 34.7 Å². The molecule has 0 saturated heterocycles. The highest BCUT2D eigenvalue weighted by molar-refractivity contribution is 5.99. The van der Waals surface area contributed by atoms with Crippen molar-refractivity contribution in [2.24, 2.45) is 0 Å². The molecule has 0 aliphatic heterocycles. The summed E-state index contributed by atoms with van der Waals surface area (Å²) in [6.07, 6.45) is 3.19. The van der Waals surface area contributed by atoms with Crippen LogP contribution in [-0.2, 0) is 0 Å². The summed E-state index contributed by atoms with van der Waals surface area (Å²) in [5.41, 5.74) is 8.22. The standard InChI is InChI=1S/C14H16N4O/c1-9-7-12(15)11(8-17-9)14(19)18-10(2)13-5-3-4-6-16-13/h3-8,10H,1-2H3,(H2,15,17)(H,18,19). The highest BCUT2D eigenvalue weighted by Gasteiger charge is 2.14. The Labute approximate surface area is 111 Å². The van der Waals surface area contributed by atoms with Gasteiger partial charge >= 0.3 is 0 Å². The van der Waals surface area contributed by atoms with E-state index >= 15 is 0 Å². The first kappa shape index (κ1) is 13.0. The summed E-state index contributed by atoms with van der Waals surface area (Å²) in [7, 11) is 0. The van der Waals surface area contributed by atoms with E-state index in [0.29, 0.717) is 11.3 Å². The molecular formula is C14H16N4O. The molecule has 2 rings (SSSR count). The zero-order valence-corrected chi connectivity index (χ0v) is 10.9. The number of hydrogen-bond donors (Lipinski definition) is 2. The zero-order chi connectivity index (χ0) is 13.8. The highest BCUT2D eigenvalue weighted by Crippen LogP contribution is 2.14. The van der Waals surface area contributed by atoms with Gasteiger partial charge in [0.15, 0.2) is 0 Å². The number of amides is 1. The largest absolute Gasteiger partial charge is 0.398 e. The average Bonchev–Trinajstić information content (AvgIpc) is 2.39. The molecule has 0 spiro atoms. The van der Waals surface area contributed by atoms with Crippen molar-refractivity contribution >= 4 is 11.6 Å². The number of nitrogens with zero attached hydrogens (tertiary/aromatic N) is 2. The lowest BCUT2D eigenvalue weighted by atomic mass is 10.1. The summed E-state index contributed by atoms with van der Waals surface area (Å²) in [6, 6.07) is 7.07. The van der Waals surface area contributed by atoms with Crippen LogP contribution in [0.4, 0.5) is 5.69 Å². The minimum Gasteiger partial charge on any atom is -0.398 e. The van der Waals surface area contributed by atoms with Crippen molar-refractivity contribution in [1.29, 1.82) is 0 Å². The molecule has 5 heteroatoms. The van der Waals surface area contributed by atoms with Crippen molar-refractivity contribution in [3.8, 4) is 0 Å². The van der Waals surface area contributed by atoms with Crippen molar-refractivity contribution in [1.82, 2.24) is 15.3 Å². The molecule has 1 amide bonds. The van der Waals surface area contributed by atoms with Crippen LogP contribution in [0.25, 0.3) is 0 Å². The summed E-state index contributed by atoms with van der Waals surface area (Å²) in [6.45, 7) is 3.70. The molecule has 0 fully saturated rings. The molecule has 3 N–H and O–H groups in total. The normalized spacial score (nSPS) is 11.9. The monoisotopic (exact) mass is 256 g/mol. The average molecular weight is 256 g/mol. The highest BCUT2D eigenvalue weighted by atomic mass is 16.1. The first-order valence-electron chi connectivity index (χ1n) is 6.02. The molecule has 5 nitrogen and oxygen atoms in total. The maximum atomic E-state index is 12.1. The smallest absolute Gasteiger partial charge is 0.255 e. The van der Waals surface area contributed by atoms with Gasteiger partial charge in [0.1, 0.15) is 0 Å². The summed E-state index contributed by atoms with van der Waals surface area (Å²) < 4.78 is 0. The third-order valence-electron chi connectivity index (χ3n) is 2.80. The van der Waals surface area contributed by atoms with Crippen LogP contribution >= 0.6 is 0 Å². The molecule has 1 atom stereocenters. The summed E-state index contributed by atoms with van der Waals surface area (Å²) in [5.74, 6) is -0.247. The molecule has 0 aromatic carbocycles. The number of rotatable bonds is 3. The Morgan fingerprint density at radius 3 is 2.79 bits per heavy atom. The number of nitrogen functional groups attached to an aromatic ring is 1. The third-order valence-corrected chi connectivity index (χ3v) is 2.80. The van der Waals surface area contributed by atoms with Gasteiger partial charge in [-0.3, -0.25) is 14.8 Å². The number of carbonyl (C=O) groups is 1. The van der Waals surface area contributed by atoms with Crippen molar-refractivity contribution in [2.75, 3.05) is 5.73 Å². The van der Waals surface area contributed by atoms with Crippen LogP contribution in [0.3, 0.4) is 0 Å². The number of aromatic nitrogens is 2. The van der Waals surface area contributed by atoms with E-state index in [1.54, 1.807) is 12.3 Å². The lowest BCUT2D eigenvalue weighted by Crippen LogP contribution is -2.28. The fourth-order valence-electron chi connectivity index (χ4n) is 1.75. The van der Waals surface area contributed by atoms with E-state index in [1.165, 1.54) is 6.20 Å². The molecular weight excluding hydrogens is 240 g/mol. The Balaban J connectivity index is 2.13. The van der Waals surface area contributed by atoms with E-state index in [0.717, 1.165) is 11.4 Å². The maximum Gasteiger partial charge on any atom is 0.255 e. The predicted octanol–water partition coefficient (Wildman–Crippen LogP) is 1.86. The van der Waals surface area contributed by atoms with Crippen molar-refractivity contribution in [2.45, 2.75) is 19.9 Å². The Hall–Kier alpha value is -2.43. The van der Waals surface area contributed by atoms with E-state index in [2.05, 4.69) is 15.3 Å². The van der Waals surface area contributed by atoms with Gasteiger partial charge in [-0.2, -0.15) is 0 Å². The lowest BCUT2D eigenvalue weighted by Gasteiger charge is -2.14. The topological polar surface area (TPSA) is 80.9 Å². The SMILES string of the molecule is Cc1cc(N)c(C(=O)NC(C)c2ccccn2)cn1. The number of aryl methyl sites for hydroxylation is 1. The number of hydrogen-bond acceptors (Lipinski definition) is 4. The molecule has 98 valence electrons. The molecule has 0 aliphatic carbocycles. The molecule has 2 heterocycles. The Kier molecular flexibility index (Phi) is 3.75. The second-order valence-electron chi connectivity index (χ2n) is 4.36. The van der Waals surface area contributed by atoms with Crippen LogP contribution in [0.2, 0.25) is 0 Å². The first-order valence-corrected chi connectivity index (χ1v) is 6.02. The van der Waals surface area contributed by atoms with Gasteiger partial charge in [-0.1, -0.05) is 6.07 Å². The van der Waals surface area contributed by atoms with Crippen LogP contribution in [0.15, 0.2) is 36.7 Å². The second kappa shape index (κ2) is 5.48. The summed E-state index contributed by atoms with van der Waals surface area (Å²) in [4.78, 5) is 20.4. The van der Waals surface area contributed by atoms with Crippen LogP contribution in [0.5, 0.6) is 0 Å². The lowest BCUT2D eigenvalue weighted by molar-refractivity contribution is 0.0939. The van der Waals surface area contributed by atoms with Gasteiger partial charge in [-0.05, 0) is 32.0 Å². The maximum absolute atomic E-state index is 12.1. The number of nitrogens with one attached hydrogen (secondary N) is 1. The van der Waals surface area contributed by atoms with Gasteiger partial charge in [0.25, 0.3) is 5.91 Å². The summed E-state index contributed by atoms with van der Waals surface area (Å²) in [5, 5.41) is 2.85. The molecule has 0 radical (unpaired) electrons. The molecule has 2 aromatic heterocycles. The predicted molar refractivity (Wildman–Crippen MR) is 73.5 cm³/mol. The van der Waals surface area contributed by atoms with E-state index < -0.39 is 0 Å². The van der Waals surface area contributed by atoms with Crippen LogP contribution in [0, 0.1) is 6.92 Å². The number of carbonyl (C=O) groups excluding carboxylic acids is 1. The first-order chi connectivity index (χ1) is 9.08. The molecule has 0 saturated carbocycles. The molecule has 1 unspecified atom stereocenters. The third kappa shape index (κ3) is 3.07. The Morgan fingerprint density at radius 1 is 1.37 bits per heavy atom. The van der Waals surface area contributed by atoms with Gasteiger partial charge in [-0.25, -0.2) is 0 Å². The molecule has 0 aliphatic rings. The van der Waals surface area contributed by atoms with E-state index in [-0.39, 0.29) is 11.9 Å². The molecule has 19 heavy (non-hydrogen) atoms. The van der Waals surface area contributed by atoms with Gasteiger partial charge in [0.05, 0.1) is 17.3 Å². The fraction of sp³-hybridized carbons (Fsp3) is 0.214. The van der Waals surface area contributed by atoms with Crippen LogP contribution in [-0.4, -0.2) is 15.9 Å².